The summed E-state index contributed by atoms with van der Waals surface area (Å²) in [5.41, 5.74) is 8.05. The molecule has 2 rings (SSSR count). The Labute approximate surface area is 143 Å². The molecule has 0 heteroatoms. The van der Waals surface area contributed by atoms with Gasteiger partial charge in [-0.1, -0.05) is 65.8 Å². The SMILES string of the molecule is Cc1[c]c(C(C)(C)C)cc(Cc2cc(C)[c]c(C(C)(C)C)c2)c1. The molecule has 0 N–H and O–H groups in total. The fourth-order valence-electron chi connectivity index (χ4n) is 2.83. The van der Waals surface area contributed by atoms with Crippen LogP contribution in [0.3, 0.4) is 0 Å². The average molecular weight is 306 g/mol. The summed E-state index contributed by atoms with van der Waals surface area (Å²) in [6.07, 6.45) is 0.969. The summed E-state index contributed by atoms with van der Waals surface area (Å²) >= 11 is 0. The molecule has 2 aromatic rings. The number of hydrogen-bond donors (Lipinski definition) is 0. The van der Waals surface area contributed by atoms with E-state index in [0.717, 1.165) is 6.42 Å². The minimum atomic E-state index is 0.137. The summed E-state index contributed by atoms with van der Waals surface area (Å²) in [6, 6.07) is 16.2. The molecule has 0 saturated heterocycles. The second-order valence-corrected chi connectivity index (χ2v) is 8.85. The van der Waals surface area contributed by atoms with Gasteiger partial charge in [-0.05, 0) is 76.6 Å². The Morgan fingerprint density at radius 2 is 1.00 bits per heavy atom. The van der Waals surface area contributed by atoms with Crippen molar-refractivity contribution >= 4 is 0 Å². The molecule has 0 aromatic heterocycles. The highest BCUT2D eigenvalue weighted by atomic mass is 14.2. The molecule has 2 radical (unpaired) electrons. The predicted molar refractivity (Wildman–Crippen MR) is 100 cm³/mol. The second kappa shape index (κ2) is 6.15. The van der Waals surface area contributed by atoms with Crippen LogP contribution < -0.4 is 0 Å². The fraction of sp³-hybridized carbons (Fsp3) is 0.478. The summed E-state index contributed by atoms with van der Waals surface area (Å²) in [4.78, 5) is 0. The average Bonchev–Trinajstić information content (AvgIpc) is 2.35. The molecule has 0 saturated carbocycles. The van der Waals surface area contributed by atoms with Gasteiger partial charge in [0.25, 0.3) is 0 Å². The molecule has 0 heterocycles. The highest BCUT2D eigenvalue weighted by Crippen LogP contribution is 2.27. The van der Waals surface area contributed by atoms with E-state index >= 15 is 0 Å². The molecule has 0 atom stereocenters. The summed E-state index contributed by atoms with van der Waals surface area (Å²) < 4.78 is 0. The summed E-state index contributed by atoms with van der Waals surface area (Å²) in [5.74, 6) is 0. The lowest BCUT2D eigenvalue weighted by atomic mass is 9.83. The number of aryl methyl sites for hydroxylation is 2. The van der Waals surface area contributed by atoms with Gasteiger partial charge in [-0.2, -0.15) is 0 Å². The molecule has 23 heavy (non-hydrogen) atoms. The van der Waals surface area contributed by atoms with E-state index in [1.165, 1.54) is 33.4 Å². The summed E-state index contributed by atoms with van der Waals surface area (Å²) in [6.45, 7) is 17.8. The summed E-state index contributed by atoms with van der Waals surface area (Å²) in [7, 11) is 0. The molecule has 0 spiro atoms. The van der Waals surface area contributed by atoms with E-state index in [9.17, 15) is 0 Å². The molecular weight excluding hydrogens is 276 g/mol. The monoisotopic (exact) mass is 306 g/mol. The topological polar surface area (TPSA) is 0 Å². The zero-order valence-corrected chi connectivity index (χ0v) is 16.0. The van der Waals surface area contributed by atoms with Crippen LogP contribution in [0, 0.1) is 26.0 Å². The van der Waals surface area contributed by atoms with E-state index in [1.54, 1.807) is 0 Å². The van der Waals surface area contributed by atoms with Crippen LogP contribution in [0.4, 0.5) is 0 Å². The largest absolute Gasteiger partial charge is 0.0561 e. The maximum Gasteiger partial charge on any atom is -0.00254 e. The lowest BCUT2D eigenvalue weighted by molar-refractivity contribution is 0.587. The van der Waals surface area contributed by atoms with Crippen LogP contribution in [0.25, 0.3) is 0 Å². The molecule has 2 aromatic carbocycles. The van der Waals surface area contributed by atoms with Crippen LogP contribution in [-0.2, 0) is 17.3 Å². The van der Waals surface area contributed by atoms with Crippen molar-refractivity contribution in [1.29, 1.82) is 0 Å². The third-order valence-corrected chi connectivity index (χ3v) is 4.15. The first-order valence-electron chi connectivity index (χ1n) is 8.52. The van der Waals surface area contributed by atoms with Crippen molar-refractivity contribution in [3.63, 3.8) is 0 Å². The molecule has 0 amide bonds. The van der Waals surface area contributed by atoms with Crippen molar-refractivity contribution in [2.24, 2.45) is 0 Å². The van der Waals surface area contributed by atoms with E-state index in [0.29, 0.717) is 0 Å². The Balaban J connectivity index is 2.40. The van der Waals surface area contributed by atoms with Crippen LogP contribution >= 0.6 is 0 Å². The molecule has 0 fully saturated rings. The van der Waals surface area contributed by atoms with Crippen molar-refractivity contribution in [3.05, 3.63) is 69.8 Å². The van der Waals surface area contributed by atoms with Crippen molar-refractivity contribution in [2.75, 3.05) is 0 Å². The Bertz CT molecular complexity index is 629. The molecular formula is C23H30. The minimum Gasteiger partial charge on any atom is -0.0561 e. The van der Waals surface area contributed by atoms with Crippen molar-refractivity contribution in [3.8, 4) is 0 Å². The Morgan fingerprint density at radius 3 is 1.30 bits per heavy atom. The van der Waals surface area contributed by atoms with Crippen LogP contribution in [0.1, 0.15) is 74.9 Å². The first-order valence-corrected chi connectivity index (χ1v) is 8.52. The predicted octanol–water partition coefficient (Wildman–Crippen LogP) is 6.09. The maximum atomic E-state index is 3.51. The lowest BCUT2D eigenvalue weighted by Gasteiger charge is -2.22. The minimum absolute atomic E-state index is 0.137. The molecule has 0 nitrogen and oxygen atoms in total. The van der Waals surface area contributed by atoms with Gasteiger partial charge in [-0.15, -0.1) is 0 Å². The van der Waals surface area contributed by atoms with Crippen LogP contribution in [0.5, 0.6) is 0 Å². The summed E-state index contributed by atoms with van der Waals surface area (Å²) in [5, 5.41) is 0. The van der Waals surface area contributed by atoms with Gasteiger partial charge >= 0.3 is 0 Å². The van der Waals surface area contributed by atoms with E-state index in [1.807, 2.05) is 0 Å². The Kier molecular flexibility index (Phi) is 4.76. The first-order chi connectivity index (χ1) is 10.4. The van der Waals surface area contributed by atoms with Gasteiger partial charge in [0.2, 0.25) is 0 Å². The van der Waals surface area contributed by atoms with Gasteiger partial charge in [-0.25, -0.2) is 0 Å². The zero-order chi connectivity index (χ0) is 17.4. The normalized spacial score (nSPS) is 12.5. The highest BCUT2D eigenvalue weighted by Gasteiger charge is 2.17. The second-order valence-electron chi connectivity index (χ2n) is 8.85. The first kappa shape index (κ1) is 17.8. The van der Waals surface area contributed by atoms with Gasteiger partial charge in [0.05, 0.1) is 0 Å². The smallest absolute Gasteiger partial charge is 0.00254 e. The molecule has 0 aliphatic heterocycles. The standard InChI is InChI=1S/C23H30/c1-16-9-18(14-20(11-16)22(3,4)5)13-19-10-17(2)12-21(15-19)23(6,7)8/h9-10,14-15H,13H2,1-8H3. The molecule has 0 unspecified atom stereocenters. The van der Waals surface area contributed by atoms with E-state index in [2.05, 4.69) is 91.8 Å². The van der Waals surface area contributed by atoms with Crippen LogP contribution in [0.15, 0.2) is 24.3 Å². The zero-order valence-electron chi connectivity index (χ0n) is 16.0. The van der Waals surface area contributed by atoms with Crippen LogP contribution in [-0.4, -0.2) is 0 Å². The Hall–Kier alpha value is -1.56. The fourth-order valence-corrected chi connectivity index (χ4v) is 2.83. The van der Waals surface area contributed by atoms with Crippen LogP contribution in [0.2, 0.25) is 0 Å². The Morgan fingerprint density at radius 1 is 0.652 bits per heavy atom. The number of benzene rings is 2. The number of hydrogen-bond acceptors (Lipinski definition) is 0. The van der Waals surface area contributed by atoms with Crippen molar-refractivity contribution in [2.45, 2.75) is 72.6 Å². The van der Waals surface area contributed by atoms with Gasteiger partial charge in [-0.3, -0.25) is 0 Å². The van der Waals surface area contributed by atoms with Crippen molar-refractivity contribution < 1.29 is 0 Å². The maximum absolute atomic E-state index is 3.51. The van der Waals surface area contributed by atoms with E-state index < -0.39 is 0 Å². The van der Waals surface area contributed by atoms with Crippen molar-refractivity contribution in [1.82, 2.24) is 0 Å². The number of rotatable bonds is 2. The van der Waals surface area contributed by atoms with Gasteiger partial charge in [0.15, 0.2) is 0 Å². The quantitative estimate of drug-likeness (QED) is 0.630. The molecule has 122 valence electrons. The van der Waals surface area contributed by atoms with Gasteiger partial charge in [0, 0.05) is 0 Å². The van der Waals surface area contributed by atoms with Gasteiger partial charge < -0.3 is 0 Å². The molecule has 0 aliphatic carbocycles. The van der Waals surface area contributed by atoms with Gasteiger partial charge in [0.1, 0.15) is 0 Å². The molecule has 0 aliphatic rings. The highest BCUT2D eigenvalue weighted by molar-refractivity contribution is 5.38. The third-order valence-electron chi connectivity index (χ3n) is 4.15. The lowest BCUT2D eigenvalue weighted by Crippen LogP contribution is -2.13. The van der Waals surface area contributed by atoms with E-state index in [-0.39, 0.29) is 10.8 Å². The third kappa shape index (κ3) is 4.70. The van der Waals surface area contributed by atoms with E-state index in [4.69, 9.17) is 0 Å². The molecule has 0 bridgehead atoms.